The van der Waals surface area contributed by atoms with Gasteiger partial charge in [0.05, 0.1) is 5.41 Å². The third-order valence-electron chi connectivity index (χ3n) is 6.32. The van der Waals surface area contributed by atoms with Crippen LogP contribution < -0.4 is 10.6 Å². The minimum absolute atomic E-state index is 0.0299. The van der Waals surface area contributed by atoms with Crippen LogP contribution >= 0.6 is 0 Å². The van der Waals surface area contributed by atoms with Crippen LogP contribution in [0, 0.1) is 11.3 Å². The highest BCUT2D eigenvalue weighted by Crippen LogP contribution is 2.39. The van der Waals surface area contributed by atoms with Crippen LogP contribution in [0.2, 0.25) is 0 Å². The highest BCUT2D eigenvalue weighted by molar-refractivity contribution is 5.87. The molecule has 2 saturated carbocycles. The van der Waals surface area contributed by atoms with Crippen LogP contribution in [0.15, 0.2) is 4.99 Å². The summed E-state index contributed by atoms with van der Waals surface area (Å²) in [5, 5.41) is 6.97. The lowest BCUT2D eigenvalue weighted by Crippen LogP contribution is -2.52. The van der Waals surface area contributed by atoms with Gasteiger partial charge in [-0.15, -0.1) is 0 Å². The van der Waals surface area contributed by atoms with Gasteiger partial charge in [0.25, 0.3) is 0 Å². The van der Waals surface area contributed by atoms with Gasteiger partial charge < -0.3 is 20.4 Å². The van der Waals surface area contributed by atoms with Crippen molar-refractivity contribution < 1.29 is 9.59 Å². The molecule has 0 aromatic heterocycles. The third kappa shape index (κ3) is 5.85. The van der Waals surface area contributed by atoms with Crippen molar-refractivity contribution >= 4 is 17.8 Å². The number of aliphatic imine (C=N–C) groups is 1. The maximum absolute atomic E-state index is 12.8. The van der Waals surface area contributed by atoms with E-state index < -0.39 is 0 Å². The van der Waals surface area contributed by atoms with E-state index in [-0.39, 0.29) is 23.8 Å². The van der Waals surface area contributed by atoms with Gasteiger partial charge in [0.2, 0.25) is 11.8 Å². The number of guanidine groups is 1. The standard InChI is InChI=1S/C21H39N5O2/c1-16-10-6-7-11-17(16)24-20(22-14-18(27)25(2)3)23-15-21(12-8-9-13-21)19(28)26(4)5/h16-17H,6-15H2,1-5H3,(H2,22,23,24). The van der Waals surface area contributed by atoms with Crippen LogP contribution in [0.5, 0.6) is 0 Å². The Kier molecular flexibility index (Phi) is 8.13. The molecule has 2 atom stereocenters. The van der Waals surface area contributed by atoms with E-state index in [4.69, 9.17) is 0 Å². The molecule has 0 heterocycles. The Balaban J connectivity index is 2.10. The second kappa shape index (κ2) is 10.1. The molecule has 2 amide bonds. The van der Waals surface area contributed by atoms with Gasteiger partial charge in [0, 0.05) is 40.8 Å². The summed E-state index contributed by atoms with van der Waals surface area (Å²) in [6, 6.07) is 0.360. The van der Waals surface area contributed by atoms with Gasteiger partial charge in [-0.3, -0.25) is 9.59 Å². The largest absolute Gasteiger partial charge is 0.355 e. The van der Waals surface area contributed by atoms with E-state index in [0.717, 1.165) is 32.1 Å². The van der Waals surface area contributed by atoms with Crippen molar-refractivity contribution in [3.8, 4) is 0 Å². The normalized spacial score (nSPS) is 24.5. The summed E-state index contributed by atoms with van der Waals surface area (Å²) in [6.45, 7) is 2.94. The smallest absolute Gasteiger partial charge is 0.243 e. The van der Waals surface area contributed by atoms with Crippen molar-refractivity contribution in [2.75, 3.05) is 41.3 Å². The predicted molar refractivity (Wildman–Crippen MR) is 113 cm³/mol. The zero-order valence-corrected chi connectivity index (χ0v) is 18.4. The van der Waals surface area contributed by atoms with Crippen LogP contribution in [0.4, 0.5) is 0 Å². The Morgan fingerprint density at radius 2 is 1.64 bits per heavy atom. The number of amides is 2. The third-order valence-corrected chi connectivity index (χ3v) is 6.32. The monoisotopic (exact) mass is 393 g/mol. The van der Waals surface area contributed by atoms with E-state index >= 15 is 0 Å². The van der Waals surface area contributed by atoms with Gasteiger partial charge in [-0.2, -0.15) is 0 Å². The fourth-order valence-corrected chi connectivity index (χ4v) is 4.39. The van der Waals surface area contributed by atoms with Crippen LogP contribution in [0.3, 0.4) is 0 Å². The van der Waals surface area contributed by atoms with E-state index in [1.165, 1.54) is 19.3 Å². The van der Waals surface area contributed by atoms with Crippen molar-refractivity contribution in [2.24, 2.45) is 16.3 Å². The first-order valence-electron chi connectivity index (χ1n) is 10.7. The predicted octanol–water partition coefficient (Wildman–Crippen LogP) is 1.84. The van der Waals surface area contributed by atoms with Crippen molar-refractivity contribution in [3.05, 3.63) is 0 Å². The number of likely N-dealkylation sites (N-methyl/N-ethyl adjacent to an activating group) is 1. The van der Waals surface area contributed by atoms with Crippen LogP contribution in [-0.2, 0) is 9.59 Å². The minimum Gasteiger partial charge on any atom is -0.355 e. The average Bonchev–Trinajstić information content (AvgIpc) is 3.14. The van der Waals surface area contributed by atoms with E-state index in [0.29, 0.717) is 24.5 Å². The molecule has 2 N–H and O–H groups in total. The Bertz CT molecular complexity index is 567. The zero-order valence-electron chi connectivity index (χ0n) is 18.4. The van der Waals surface area contributed by atoms with Crippen molar-refractivity contribution in [2.45, 2.75) is 64.3 Å². The van der Waals surface area contributed by atoms with Crippen molar-refractivity contribution in [1.29, 1.82) is 0 Å². The van der Waals surface area contributed by atoms with Gasteiger partial charge in [-0.05, 0) is 31.6 Å². The Morgan fingerprint density at radius 1 is 1.00 bits per heavy atom. The summed E-state index contributed by atoms with van der Waals surface area (Å²) in [5.41, 5.74) is -0.365. The van der Waals surface area contributed by atoms with E-state index in [1.807, 2.05) is 14.1 Å². The Morgan fingerprint density at radius 3 is 2.21 bits per heavy atom. The van der Waals surface area contributed by atoms with Crippen LogP contribution in [0.1, 0.15) is 58.3 Å². The first kappa shape index (κ1) is 22.5. The quantitative estimate of drug-likeness (QED) is 0.533. The maximum atomic E-state index is 12.8. The molecule has 0 radical (unpaired) electrons. The molecule has 0 aliphatic heterocycles. The van der Waals surface area contributed by atoms with Crippen molar-refractivity contribution in [3.63, 3.8) is 0 Å². The minimum atomic E-state index is -0.365. The van der Waals surface area contributed by atoms with Crippen molar-refractivity contribution in [1.82, 2.24) is 20.4 Å². The molecule has 2 unspecified atom stereocenters. The zero-order chi connectivity index (χ0) is 20.7. The first-order valence-corrected chi connectivity index (χ1v) is 10.7. The Hall–Kier alpha value is -1.79. The Labute approximate surface area is 170 Å². The molecule has 160 valence electrons. The highest BCUT2D eigenvalue weighted by atomic mass is 16.2. The summed E-state index contributed by atoms with van der Waals surface area (Å²) in [5.74, 6) is 1.39. The second-order valence-electron chi connectivity index (χ2n) is 9.01. The highest BCUT2D eigenvalue weighted by Gasteiger charge is 2.42. The number of carbonyl (C=O) groups is 2. The number of hydrogen-bond acceptors (Lipinski definition) is 3. The molecule has 7 heteroatoms. The fourth-order valence-electron chi connectivity index (χ4n) is 4.39. The molecule has 2 rings (SSSR count). The number of rotatable bonds is 6. The lowest BCUT2D eigenvalue weighted by molar-refractivity contribution is -0.138. The molecule has 0 saturated heterocycles. The molecular weight excluding hydrogens is 354 g/mol. The van der Waals surface area contributed by atoms with E-state index in [9.17, 15) is 9.59 Å². The molecule has 2 fully saturated rings. The van der Waals surface area contributed by atoms with Gasteiger partial charge >= 0.3 is 0 Å². The molecule has 28 heavy (non-hydrogen) atoms. The van der Waals surface area contributed by atoms with Gasteiger partial charge in [0.1, 0.15) is 6.54 Å². The number of carbonyl (C=O) groups excluding carboxylic acids is 2. The van der Waals surface area contributed by atoms with Gasteiger partial charge in [-0.25, -0.2) is 4.99 Å². The topological polar surface area (TPSA) is 77.0 Å². The maximum Gasteiger partial charge on any atom is 0.243 e. The molecule has 7 nitrogen and oxygen atoms in total. The SMILES string of the molecule is CC1CCCCC1NC(=NCC(=O)N(C)C)NCC1(C(=O)N(C)C)CCCC1. The summed E-state index contributed by atoms with van der Waals surface area (Å²) < 4.78 is 0. The van der Waals surface area contributed by atoms with E-state index in [2.05, 4.69) is 22.5 Å². The summed E-state index contributed by atoms with van der Waals surface area (Å²) >= 11 is 0. The number of nitrogens with zero attached hydrogens (tertiary/aromatic N) is 3. The van der Waals surface area contributed by atoms with Gasteiger partial charge in [0.15, 0.2) is 5.96 Å². The lowest BCUT2D eigenvalue weighted by Gasteiger charge is -2.34. The molecule has 2 aliphatic carbocycles. The fraction of sp³-hybridized carbons (Fsp3) is 0.857. The number of hydrogen-bond donors (Lipinski definition) is 2. The molecular formula is C21H39N5O2. The number of nitrogens with one attached hydrogen (secondary N) is 2. The van der Waals surface area contributed by atoms with E-state index in [1.54, 1.807) is 23.9 Å². The summed E-state index contributed by atoms with van der Waals surface area (Å²) in [6.07, 6.45) is 8.80. The van der Waals surface area contributed by atoms with Crippen LogP contribution in [0.25, 0.3) is 0 Å². The molecule has 2 aliphatic rings. The summed E-state index contributed by atoms with van der Waals surface area (Å²) in [4.78, 5) is 32.7. The second-order valence-corrected chi connectivity index (χ2v) is 9.01. The molecule has 0 aromatic rings. The van der Waals surface area contributed by atoms with Crippen LogP contribution in [-0.4, -0.2) is 74.9 Å². The molecule has 0 bridgehead atoms. The molecule has 0 spiro atoms. The average molecular weight is 394 g/mol. The van der Waals surface area contributed by atoms with Gasteiger partial charge in [-0.1, -0.05) is 32.6 Å². The lowest BCUT2D eigenvalue weighted by atomic mass is 9.84. The first-order chi connectivity index (χ1) is 13.2. The molecule has 0 aromatic carbocycles. The summed E-state index contributed by atoms with van der Waals surface area (Å²) in [7, 11) is 7.14.